The van der Waals surface area contributed by atoms with E-state index < -0.39 is 0 Å². The quantitative estimate of drug-likeness (QED) is 0.292. The maximum Gasteiger partial charge on any atom is 0.162 e. The number of aromatic nitrogens is 3. The molecule has 1 aliphatic heterocycles. The predicted molar refractivity (Wildman–Crippen MR) is 143 cm³/mol. The average Bonchev–Trinajstić information content (AvgIpc) is 2.94. The van der Waals surface area contributed by atoms with Gasteiger partial charge < -0.3 is 35.7 Å². The molecule has 1 atom stereocenters. The standard InChI is InChI=1S/C27H32N6O4/c1-34-25-9-21-20-8-23(33-27(29)22(20)14-32-24(21)10-26(25)35-2)16-7-19(13-30-11-16)37-15-17(28)12-31-18-3-5-36-6-4-18/h7-11,13-14,17-18,31H,3-6,12,15,28H2,1-2H3,(H2,29,33)/t17-/m0/s1. The summed E-state index contributed by atoms with van der Waals surface area (Å²) in [5.74, 6) is 2.22. The van der Waals surface area contributed by atoms with Crippen molar-refractivity contribution in [3.63, 3.8) is 0 Å². The van der Waals surface area contributed by atoms with Crippen LogP contribution in [0.1, 0.15) is 12.8 Å². The number of rotatable bonds is 9. The van der Waals surface area contributed by atoms with Crippen molar-refractivity contribution in [1.29, 1.82) is 0 Å². The molecule has 10 nitrogen and oxygen atoms in total. The number of nitrogens with zero attached hydrogens (tertiary/aromatic N) is 3. The minimum Gasteiger partial charge on any atom is -0.493 e. The van der Waals surface area contributed by atoms with E-state index in [1.807, 2.05) is 24.3 Å². The first-order chi connectivity index (χ1) is 18.1. The first-order valence-electron chi connectivity index (χ1n) is 12.3. The number of methoxy groups -OCH3 is 2. The zero-order chi connectivity index (χ0) is 25.8. The van der Waals surface area contributed by atoms with E-state index in [4.69, 9.17) is 30.4 Å². The van der Waals surface area contributed by atoms with E-state index in [9.17, 15) is 0 Å². The molecule has 0 spiro atoms. The lowest BCUT2D eigenvalue weighted by Gasteiger charge is -2.24. The van der Waals surface area contributed by atoms with E-state index in [0.717, 1.165) is 53.3 Å². The SMILES string of the molecule is COc1cc2ncc3c(N)nc(-c4cncc(OC[C@@H](N)CNC5CCOCC5)c4)cc3c2cc1OC. The lowest BCUT2D eigenvalue weighted by molar-refractivity contribution is 0.0772. The fourth-order valence-electron chi connectivity index (χ4n) is 4.53. The van der Waals surface area contributed by atoms with Gasteiger partial charge in [0.25, 0.3) is 0 Å². The van der Waals surface area contributed by atoms with Crippen molar-refractivity contribution >= 4 is 27.5 Å². The van der Waals surface area contributed by atoms with E-state index in [-0.39, 0.29) is 6.04 Å². The Hall–Kier alpha value is -3.73. The Balaban J connectivity index is 1.37. The molecule has 0 saturated carbocycles. The molecule has 37 heavy (non-hydrogen) atoms. The van der Waals surface area contributed by atoms with Crippen LogP contribution in [0.5, 0.6) is 17.2 Å². The summed E-state index contributed by atoms with van der Waals surface area (Å²) in [6, 6.07) is 7.92. The third kappa shape index (κ3) is 5.51. The van der Waals surface area contributed by atoms with Crippen molar-refractivity contribution in [3.8, 4) is 28.5 Å². The lowest BCUT2D eigenvalue weighted by atomic mass is 10.0. The minimum absolute atomic E-state index is 0.147. The van der Waals surface area contributed by atoms with E-state index in [1.165, 1.54) is 0 Å². The maximum atomic E-state index is 6.35. The molecule has 4 heterocycles. The van der Waals surface area contributed by atoms with Crippen LogP contribution in [0.15, 0.2) is 42.9 Å². The van der Waals surface area contributed by atoms with Gasteiger partial charge in [0, 0.05) is 60.6 Å². The number of hydrogen-bond acceptors (Lipinski definition) is 10. The van der Waals surface area contributed by atoms with Crippen LogP contribution >= 0.6 is 0 Å². The van der Waals surface area contributed by atoms with Gasteiger partial charge in [-0.05, 0) is 36.4 Å². The summed E-state index contributed by atoms with van der Waals surface area (Å²) in [6.45, 7) is 2.63. The number of fused-ring (bicyclic) bond motifs is 3. The fourth-order valence-corrected chi connectivity index (χ4v) is 4.53. The third-order valence-electron chi connectivity index (χ3n) is 6.58. The second-order valence-corrected chi connectivity index (χ2v) is 9.11. The van der Waals surface area contributed by atoms with Gasteiger partial charge in [0.1, 0.15) is 18.2 Å². The molecule has 4 aromatic rings. The van der Waals surface area contributed by atoms with Gasteiger partial charge in [-0.3, -0.25) is 9.97 Å². The summed E-state index contributed by atoms with van der Waals surface area (Å²) >= 11 is 0. The minimum atomic E-state index is -0.147. The molecule has 0 radical (unpaired) electrons. The number of ether oxygens (including phenoxy) is 4. The number of hydrogen-bond donors (Lipinski definition) is 3. The predicted octanol–water partition coefficient (Wildman–Crippen LogP) is 2.92. The Morgan fingerprint density at radius 1 is 1.00 bits per heavy atom. The number of nitrogens with one attached hydrogen (secondary N) is 1. The molecular weight excluding hydrogens is 472 g/mol. The number of nitrogens with two attached hydrogens (primary N) is 2. The summed E-state index contributed by atoms with van der Waals surface area (Å²) in [5, 5.41) is 6.04. The third-order valence-corrected chi connectivity index (χ3v) is 6.58. The first kappa shape index (κ1) is 24.9. The highest BCUT2D eigenvalue weighted by Crippen LogP contribution is 2.37. The Kier molecular flexibility index (Phi) is 7.50. The molecule has 1 aliphatic rings. The smallest absolute Gasteiger partial charge is 0.162 e. The van der Waals surface area contributed by atoms with Crippen molar-refractivity contribution in [2.75, 3.05) is 46.3 Å². The molecule has 10 heteroatoms. The number of nitrogen functional groups attached to an aromatic ring is 1. The zero-order valence-corrected chi connectivity index (χ0v) is 21.1. The molecule has 1 fully saturated rings. The Labute approximate surface area is 215 Å². The van der Waals surface area contributed by atoms with Crippen LogP contribution in [0.2, 0.25) is 0 Å². The molecule has 194 valence electrons. The highest BCUT2D eigenvalue weighted by atomic mass is 16.5. The summed E-state index contributed by atoms with van der Waals surface area (Å²) in [5.41, 5.74) is 14.9. The molecular formula is C27H32N6O4. The van der Waals surface area contributed by atoms with Crippen LogP contribution in [0, 0.1) is 0 Å². The van der Waals surface area contributed by atoms with E-state index in [0.29, 0.717) is 48.0 Å². The van der Waals surface area contributed by atoms with Crippen LogP contribution in [0.25, 0.3) is 32.9 Å². The van der Waals surface area contributed by atoms with E-state index >= 15 is 0 Å². The van der Waals surface area contributed by atoms with Crippen molar-refractivity contribution in [2.24, 2.45) is 5.73 Å². The molecule has 5 rings (SSSR count). The number of anilines is 1. The van der Waals surface area contributed by atoms with Gasteiger partial charge in [0.15, 0.2) is 11.5 Å². The van der Waals surface area contributed by atoms with Crippen LogP contribution < -0.4 is 31.0 Å². The summed E-state index contributed by atoms with van der Waals surface area (Å²) in [4.78, 5) is 13.5. The highest BCUT2D eigenvalue weighted by molar-refractivity contribution is 6.10. The van der Waals surface area contributed by atoms with Gasteiger partial charge in [-0.2, -0.15) is 0 Å². The zero-order valence-electron chi connectivity index (χ0n) is 21.1. The van der Waals surface area contributed by atoms with Crippen molar-refractivity contribution in [2.45, 2.75) is 24.9 Å². The van der Waals surface area contributed by atoms with E-state index in [2.05, 4.69) is 20.3 Å². The average molecular weight is 505 g/mol. The van der Waals surface area contributed by atoms with Gasteiger partial charge in [0.2, 0.25) is 0 Å². The van der Waals surface area contributed by atoms with Gasteiger partial charge in [-0.25, -0.2) is 4.98 Å². The van der Waals surface area contributed by atoms with Crippen LogP contribution in [0.4, 0.5) is 5.82 Å². The van der Waals surface area contributed by atoms with Crippen LogP contribution in [-0.2, 0) is 4.74 Å². The lowest BCUT2D eigenvalue weighted by Crippen LogP contribution is -2.44. The summed E-state index contributed by atoms with van der Waals surface area (Å²) in [7, 11) is 3.20. The van der Waals surface area contributed by atoms with Crippen molar-refractivity contribution in [3.05, 3.63) is 42.9 Å². The topological polar surface area (TPSA) is 140 Å². The second-order valence-electron chi connectivity index (χ2n) is 9.11. The summed E-state index contributed by atoms with van der Waals surface area (Å²) < 4.78 is 22.3. The molecule has 0 unspecified atom stereocenters. The molecule has 5 N–H and O–H groups in total. The van der Waals surface area contributed by atoms with Crippen molar-refractivity contribution in [1.82, 2.24) is 20.3 Å². The molecule has 0 amide bonds. The molecule has 0 bridgehead atoms. The van der Waals surface area contributed by atoms with Gasteiger partial charge in [-0.1, -0.05) is 0 Å². The van der Waals surface area contributed by atoms with Crippen molar-refractivity contribution < 1.29 is 18.9 Å². The largest absolute Gasteiger partial charge is 0.493 e. The Bertz CT molecular complexity index is 1390. The monoisotopic (exact) mass is 504 g/mol. The fraction of sp³-hybridized carbons (Fsp3) is 0.370. The van der Waals surface area contributed by atoms with E-state index in [1.54, 1.807) is 32.8 Å². The van der Waals surface area contributed by atoms with Gasteiger partial charge >= 0.3 is 0 Å². The van der Waals surface area contributed by atoms with Gasteiger partial charge in [0.05, 0.1) is 37.7 Å². The summed E-state index contributed by atoms with van der Waals surface area (Å²) in [6.07, 6.45) is 7.15. The number of pyridine rings is 3. The molecule has 3 aromatic heterocycles. The molecule has 1 aromatic carbocycles. The first-order valence-corrected chi connectivity index (χ1v) is 12.3. The molecule has 1 saturated heterocycles. The second kappa shape index (κ2) is 11.1. The van der Waals surface area contributed by atoms with Crippen LogP contribution in [-0.4, -0.2) is 67.6 Å². The normalized spacial score (nSPS) is 15.1. The van der Waals surface area contributed by atoms with Gasteiger partial charge in [-0.15, -0.1) is 0 Å². The van der Waals surface area contributed by atoms with Crippen LogP contribution in [0.3, 0.4) is 0 Å². The Morgan fingerprint density at radius 2 is 1.78 bits per heavy atom. The highest BCUT2D eigenvalue weighted by Gasteiger charge is 2.16. The Morgan fingerprint density at radius 3 is 2.57 bits per heavy atom. The number of benzene rings is 1. The maximum absolute atomic E-state index is 6.35. The molecule has 0 aliphatic carbocycles.